The first-order chi connectivity index (χ1) is 14.7. The monoisotopic (exact) mass is 407 g/mol. The molecule has 0 aromatic heterocycles. The minimum atomic E-state index is -0.171. The van der Waals surface area contributed by atoms with Crippen LogP contribution < -0.4 is 9.47 Å². The summed E-state index contributed by atoms with van der Waals surface area (Å²) in [6.45, 7) is 2.37. The molecule has 2 heterocycles. The lowest BCUT2D eigenvalue weighted by molar-refractivity contribution is -0.134. The fourth-order valence-corrected chi connectivity index (χ4v) is 4.26. The molecule has 1 atom stereocenters. The summed E-state index contributed by atoms with van der Waals surface area (Å²) in [7, 11) is 3.32. The predicted octanol–water partition coefficient (Wildman–Crippen LogP) is 3.87. The van der Waals surface area contributed by atoms with E-state index < -0.39 is 0 Å². The third-order valence-electron chi connectivity index (χ3n) is 5.89. The summed E-state index contributed by atoms with van der Waals surface area (Å²) in [4.78, 5) is 15.5. The number of nitrogens with zero attached hydrogens (tertiary/aromatic N) is 3. The van der Waals surface area contributed by atoms with Crippen molar-refractivity contribution in [2.75, 3.05) is 33.9 Å². The van der Waals surface area contributed by atoms with Crippen LogP contribution in [0.5, 0.6) is 11.5 Å². The van der Waals surface area contributed by atoms with Gasteiger partial charge in [0.1, 0.15) is 11.5 Å². The number of ether oxygens (including phenoxy) is 2. The molecule has 1 unspecified atom stereocenters. The number of hydrogen-bond acceptors (Lipinski definition) is 5. The van der Waals surface area contributed by atoms with Crippen LogP contribution in [0.1, 0.15) is 42.9 Å². The highest BCUT2D eigenvalue weighted by molar-refractivity contribution is 6.03. The van der Waals surface area contributed by atoms with Crippen LogP contribution >= 0.6 is 0 Å². The second-order valence-corrected chi connectivity index (χ2v) is 7.81. The molecule has 4 rings (SSSR count). The second kappa shape index (κ2) is 9.30. The van der Waals surface area contributed by atoms with Crippen LogP contribution in [0.15, 0.2) is 53.6 Å². The normalized spacial score (nSPS) is 19.5. The zero-order chi connectivity index (χ0) is 20.9. The van der Waals surface area contributed by atoms with Gasteiger partial charge < -0.3 is 9.47 Å². The number of carbonyl (C=O) groups excluding carboxylic acids is 1. The molecule has 0 N–H and O–H groups in total. The molecule has 0 radical (unpaired) electrons. The Morgan fingerprint density at radius 2 is 1.73 bits per heavy atom. The van der Waals surface area contributed by atoms with Gasteiger partial charge >= 0.3 is 0 Å². The summed E-state index contributed by atoms with van der Waals surface area (Å²) in [6, 6.07) is 15.6. The SMILES string of the molecule is COc1ccc(C2=NN(C(=O)CN3CCCCC3)C(c3ccccc3OC)C2)cc1. The van der Waals surface area contributed by atoms with Crippen molar-refractivity contribution in [2.45, 2.75) is 31.7 Å². The molecule has 0 bridgehead atoms. The lowest BCUT2D eigenvalue weighted by atomic mass is 9.97. The number of para-hydroxylation sites is 1. The Morgan fingerprint density at radius 1 is 1.00 bits per heavy atom. The fraction of sp³-hybridized carbons (Fsp3) is 0.417. The molecule has 30 heavy (non-hydrogen) atoms. The number of likely N-dealkylation sites (tertiary alicyclic amines) is 1. The highest BCUT2D eigenvalue weighted by Crippen LogP contribution is 2.37. The molecule has 6 nitrogen and oxygen atoms in total. The van der Waals surface area contributed by atoms with Gasteiger partial charge in [-0.05, 0) is 61.8 Å². The van der Waals surface area contributed by atoms with Crippen LogP contribution in [0.2, 0.25) is 0 Å². The maximum atomic E-state index is 13.3. The lowest BCUT2D eigenvalue weighted by Crippen LogP contribution is -2.40. The Balaban J connectivity index is 1.62. The molecule has 158 valence electrons. The Morgan fingerprint density at radius 3 is 2.43 bits per heavy atom. The molecule has 2 aromatic carbocycles. The Labute approximate surface area is 178 Å². The summed E-state index contributed by atoms with van der Waals surface area (Å²) in [5, 5.41) is 6.46. The van der Waals surface area contributed by atoms with Crippen molar-refractivity contribution in [3.05, 3.63) is 59.7 Å². The van der Waals surface area contributed by atoms with Crippen molar-refractivity contribution >= 4 is 11.6 Å². The maximum absolute atomic E-state index is 13.3. The van der Waals surface area contributed by atoms with Gasteiger partial charge in [-0.3, -0.25) is 9.69 Å². The zero-order valence-electron chi connectivity index (χ0n) is 17.7. The van der Waals surface area contributed by atoms with Gasteiger partial charge in [0, 0.05) is 12.0 Å². The van der Waals surface area contributed by atoms with Crippen molar-refractivity contribution in [3.63, 3.8) is 0 Å². The number of hydrazone groups is 1. The molecule has 2 aromatic rings. The quantitative estimate of drug-likeness (QED) is 0.730. The largest absolute Gasteiger partial charge is 0.497 e. The molecule has 1 fully saturated rings. The number of hydrogen-bond donors (Lipinski definition) is 0. The van der Waals surface area contributed by atoms with Crippen LogP contribution in [-0.2, 0) is 4.79 Å². The molecule has 2 aliphatic rings. The molecule has 1 saturated heterocycles. The molecule has 1 amide bonds. The highest BCUT2D eigenvalue weighted by atomic mass is 16.5. The van der Waals surface area contributed by atoms with Crippen molar-refractivity contribution in [3.8, 4) is 11.5 Å². The fourth-order valence-electron chi connectivity index (χ4n) is 4.26. The number of carbonyl (C=O) groups is 1. The Bertz CT molecular complexity index is 904. The molecule has 0 saturated carbocycles. The maximum Gasteiger partial charge on any atom is 0.257 e. The van der Waals surface area contributed by atoms with Crippen LogP contribution in [0.3, 0.4) is 0 Å². The van der Waals surface area contributed by atoms with E-state index in [0.717, 1.165) is 54.3 Å². The van der Waals surface area contributed by atoms with E-state index in [0.29, 0.717) is 13.0 Å². The smallest absolute Gasteiger partial charge is 0.257 e. The average Bonchev–Trinajstić information content (AvgIpc) is 3.25. The molecular formula is C24H29N3O3. The van der Waals surface area contributed by atoms with E-state index in [-0.39, 0.29) is 11.9 Å². The van der Waals surface area contributed by atoms with Crippen molar-refractivity contribution in [2.24, 2.45) is 5.10 Å². The van der Waals surface area contributed by atoms with E-state index in [4.69, 9.17) is 14.6 Å². The predicted molar refractivity (Wildman–Crippen MR) is 117 cm³/mol. The third-order valence-corrected chi connectivity index (χ3v) is 5.89. The Kier molecular flexibility index (Phi) is 6.33. The van der Waals surface area contributed by atoms with Crippen LogP contribution in [-0.4, -0.2) is 55.4 Å². The second-order valence-electron chi connectivity index (χ2n) is 7.81. The number of amides is 1. The minimum Gasteiger partial charge on any atom is -0.497 e. The van der Waals surface area contributed by atoms with E-state index in [2.05, 4.69) is 4.90 Å². The third kappa shape index (κ3) is 4.33. The van der Waals surface area contributed by atoms with Crippen molar-refractivity contribution < 1.29 is 14.3 Å². The van der Waals surface area contributed by atoms with Crippen LogP contribution in [0, 0.1) is 0 Å². The lowest BCUT2D eigenvalue weighted by Gasteiger charge is -2.29. The van der Waals surface area contributed by atoms with E-state index in [9.17, 15) is 4.79 Å². The minimum absolute atomic E-state index is 0.0383. The zero-order valence-corrected chi connectivity index (χ0v) is 17.7. The van der Waals surface area contributed by atoms with Crippen LogP contribution in [0.25, 0.3) is 0 Å². The summed E-state index contributed by atoms with van der Waals surface area (Å²) < 4.78 is 10.9. The van der Waals surface area contributed by atoms with Gasteiger partial charge in [0.2, 0.25) is 0 Å². The topological polar surface area (TPSA) is 54.4 Å². The molecule has 0 aliphatic carbocycles. The van der Waals surface area contributed by atoms with Crippen LogP contribution in [0.4, 0.5) is 0 Å². The summed E-state index contributed by atoms with van der Waals surface area (Å²) in [6.07, 6.45) is 4.21. The van der Waals surface area contributed by atoms with Crippen molar-refractivity contribution in [1.82, 2.24) is 9.91 Å². The first-order valence-corrected chi connectivity index (χ1v) is 10.6. The molecular weight excluding hydrogens is 378 g/mol. The standard InChI is InChI=1S/C24H29N3O3/c1-29-19-12-10-18(11-13-19)21-16-22(20-8-4-5-9-23(20)30-2)27(25-21)24(28)17-26-14-6-3-7-15-26/h4-5,8-13,22H,3,6-7,14-17H2,1-2H3. The molecule has 0 spiro atoms. The van der Waals surface area contributed by atoms with Gasteiger partial charge in [-0.25, -0.2) is 5.01 Å². The highest BCUT2D eigenvalue weighted by Gasteiger charge is 2.35. The first kappa shape index (κ1) is 20.4. The number of methoxy groups -OCH3 is 2. The van der Waals surface area contributed by atoms with Gasteiger partial charge in [0.15, 0.2) is 0 Å². The number of piperidine rings is 1. The van der Waals surface area contributed by atoms with Gasteiger partial charge in [0.25, 0.3) is 5.91 Å². The molecule has 6 heteroatoms. The van der Waals surface area contributed by atoms with Gasteiger partial charge in [0.05, 0.1) is 32.5 Å². The number of benzene rings is 2. The number of rotatable bonds is 6. The van der Waals surface area contributed by atoms with E-state index in [1.807, 2.05) is 48.5 Å². The van der Waals surface area contributed by atoms with E-state index >= 15 is 0 Å². The average molecular weight is 408 g/mol. The van der Waals surface area contributed by atoms with Gasteiger partial charge in [-0.15, -0.1) is 0 Å². The van der Waals surface area contributed by atoms with E-state index in [1.165, 1.54) is 6.42 Å². The van der Waals surface area contributed by atoms with Crippen molar-refractivity contribution in [1.29, 1.82) is 0 Å². The summed E-state index contributed by atoms with van der Waals surface area (Å²) in [5.74, 6) is 1.62. The summed E-state index contributed by atoms with van der Waals surface area (Å²) >= 11 is 0. The molecule has 2 aliphatic heterocycles. The first-order valence-electron chi connectivity index (χ1n) is 10.6. The Hall–Kier alpha value is -2.86. The van der Waals surface area contributed by atoms with Gasteiger partial charge in [-0.1, -0.05) is 24.6 Å². The summed E-state index contributed by atoms with van der Waals surface area (Å²) in [5.41, 5.74) is 2.89. The van der Waals surface area contributed by atoms with E-state index in [1.54, 1.807) is 19.2 Å². The van der Waals surface area contributed by atoms with Gasteiger partial charge in [-0.2, -0.15) is 5.10 Å².